The van der Waals surface area contributed by atoms with Crippen molar-refractivity contribution < 1.29 is 33.8 Å². The molecule has 3 N–H and O–H groups in total. The minimum Gasteiger partial charge on any atom is -0.480 e. The summed E-state index contributed by atoms with van der Waals surface area (Å²) in [5.41, 5.74) is -0.822. The van der Waals surface area contributed by atoms with Crippen molar-refractivity contribution in [2.75, 3.05) is 6.54 Å². The Labute approximate surface area is 115 Å². The molecule has 0 rings (SSSR count). The Hall–Kier alpha value is -2.32. The fraction of sp³-hybridized carbons (Fsp3) is 0.636. The normalized spacial score (nSPS) is 12.0. The number of ether oxygens (including phenoxy) is 2. The molecule has 2 amide bonds. The highest BCUT2D eigenvalue weighted by Crippen LogP contribution is 2.07. The van der Waals surface area contributed by atoms with Crippen LogP contribution in [-0.2, 0) is 19.1 Å². The number of amides is 2. The maximum absolute atomic E-state index is 11.2. The zero-order valence-electron chi connectivity index (χ0n) is 11.7. The molecular formula is C11H18N2O7. The second kappa shape index (κ2) is 7.31. The first-order valence-corrected chi connectivity index (χ1v) is 5.70. The van der Waals surface area contributed by atoms with Crippen LogP contribution in [0.4, 0.5) is 9.59 Å². The molecule has 0 aliphatic carbocycles. The van der Waals surface area contributed by atoms with Gasteiger partial charge in [-0.15, -0.1) is 0 Å². The lowest BCUT2D eigenvalue weighted by Gasteiger charge is -2.18. The Morgan fingerprint density at radius 2 is 1.75 bits per heavy atom. The number of rotatable bonds is 4. The second-order valence-electron chi connectivity index (χ2n) is 4.83. The molecule has 0 aromatic rings. The highest BCUT2D eigenvalue weighted by molar-refractivity contribution is 5.84. The van der Waals surface area contributed by atoms with Gasteiger partial charge in [0.1, 0.15) is 11.6 Å². The maximum Gasteiger partial charge on any atom is 0.517 e. The predicted octanol–water partition coefficient (Wildman–Crippen LogP) is 0.237. The standard InChI is InChI=1S/C11H18N2O7/c1-6(14)13-7(8(15)16)5-12-9(17)19-10(18)20-11(2,3)4/h7H,5H2,1-4H3,(H,12,17)(H,13,14)(H,15,16). The fourth-order valence-corrected chi connectivity index (χ4v) is 1.01. The highest BCUT2D eigenvalue weighted by atomic mass is 16.8. The van der Waals surface area contributed by atoms with Crippen molar-refractivity contribution in [3.05, 3.63) is 0 Å². The van der Waals surface area contributed by atoms with Crippen LogP contribution in [-0.4, -0.2) is 47.4 Å². The Kier molecular flexibility index (Phi) is 6.47. The lowest BCUT2D eigenvalue weighted by molar-refractivity contribution is -0.141. The van der Waals surface area contributed by atoms with Gasteiger partial charge in [0.15, 0.2) is 0 Å². The molecule has 0 fully saturated rings. The summed E-state index contributed by atoms with van der Waals surface area (Å²) in [6, 6.07) is -1.32. The van der Waals surface area contributed by atoms with Gasteiger partial charge in [0, 0.05) is 6.92 Å². The van der Waals surface area contributed by atoms with Crippen LogP contribution in [0, 0.1) is 0 Å². The molecule has 20 heavy (non-hydrogen) atoms. The van der Waals surface area contributed by atoms with E-state index in [0.717, 1.165) is 6.92 Å². The zero-order valence-corrected chi connectivity index (χ0v) is 11.7. The summed E-state index contributed by atoms with van der Waals surface area (Å²) in [7, 11) is 0. The van der Waals surface area contributed by atoms with E-state index in [0.29, 0.717) is 0 Å². The lowest BCUT2D eigenvalue weighted by Crippen LogP contribution is -2.48. The van der Waals surface area contributed by atoms with Gasteiger partial charge in [0.05, 0.1) is 6.54 Å². The Morgan fingerprint density at radius 3 is 2.15 bits per heavy atom. The molecule has 9 heteroatoms. The van der Waals surface area contributed by atoms with Crippen LogP contribution in [0.1, 0.15) is 27.7 Å². The van der Waals surface area contributed by atoms with Crippen LogP contribution in [0.3, 0.4) is 0 Å². The Bertz CT molecular complexity index is 400. The third-order valence-corrected chi connectivity index (χ3v) is 1.69. The Balaban J connectivity index is 4.23. The van der Waals surface area contributed by atoms with Crippen LogP contribution in [0.25, 0.3) is 0 Å². The number of alkyl carbamates (subject to hydrolysis) is 1. The van der Waals surface area contributed by atoms with Crippen molar-refractivity contribution in [1.82, 2.24) is 10.6 Å². The molecule has 0 aliphatic rings. The SMILES string of the molecule is CC(=O)NC(CNC(=O)OC(=O)OC(C)(C)C)C(=O)O. The second-order valence-corrected chi connectivity index (χ2v) is 4.83. The number of carboxylic acids is 1. The van der Waals surface area contributed by atoms with E-state index < -0.39 is 42.3 Å². The van der Waals surface area contributed by atoms with Crippen LogP contribution >= 0.6 is 0 Å². The molecule has 9 nitrogen and oxygen atoms in total. The van der Waals surface area contributed by atoms with Crippen LogP contribution in [0.15, 0.2) is 0 Å². The van der Waals surface area contributed by atoms with Crippen molar-refractivity contribution in [2.24, 2.45) is 0 Å². The van der Waals surface area contributed by atoms with E-state index in [1.807, 2.05) is 5.32 Å². The molecule has 0 heterocycles. The van der Waals surface area contributed by atoms with Gasteiger partial charge in [-0.2, -0.15) is 0 Å². The third kappa shape index (κ3) is 8.72. The number of hydrogen-bond donors (Lipinski definition) is 3. The Morgan fingerprint density at radius 1 is 1.20 bits per heavy atom. The average Bonchev–Trinajstić information content (AvgIpc) is 2.20. The summed E-state index contributed by atoms with van der Waals surface area (Å²) in [5.74, 6) is -1.91. The first kappa shape index (κ1) is 17.7. The van der Waals surface area contributed by atoms with Gasteiger partial charge in [-0.3, -0.25) is 4.79 Å². The van der Waals surface area contributed by atoms with Crippen LogP contribution < -0.4 is 10.6 Å². The average molecular weight is 290 g/mol. The molecule has 0 radical (unpaired) electrons. The van der Waals surface area contributed by atoms with E-state index >= 15 is 0 Å². The summed E-state index contributed by atoms with van der Waals surface area (Å²) in [6.45, 7) is 5.46. The minimum atomic E-state index is -1.34. The third-order valence-electron chi connectivity index (χ3n) is 1.69. The van der Waals surface area contributed by atoms with Crippen molar-refractivity contribution in [2.45, 2.75) is 39.3 Å². The first-order chi connectivity index (χ1) is 9.01. The van der Waals surface area contributed by atoms with E-state index in [9.17, 15) is 19.2 Å². The lowest BCUT2D eigenvalue weighted by atomic mass is 10.2. The van der Waals surface area contributed by atoms with Crippen LogP contribution in [0.2, 0.25) is 0 Å². The van der Waals surface area contributed by atoms with Crippen LogP contribution in [0.5, 0.6) is 0 Å². The number of aliphatic carboxylic acids is 1. The molecule has 1 atom stereocenters. The molecule has 0 aliphatic heterocycles. The minimum absolute atomic E-state index is 0.434. The van der Waals surface area contributed by atoms with Gasteiger partial charge in [0.2, 0.25) is 5.91 Å². The molecule has 0 aromatic heterocycles. The number of carbonyl (C=O) groups is 4. The highest BCUT2D eigenvalue weighted by Gasteiger charge is 2.23. The number of carbonyl (C=O) groups excluding carboxylic acids is 3. The fourth-order valence-electron chi connectivity index (χ4n) is 1.01. The molecular weight excluding hydrogens is 272 g/mol. The van der Waals surface area contributed by atoms with Gasteiger partial charge >= 0.3 is 18.2 Å². The predicted molar refractivity (Wildman–Crippen MR) is 66.0 cm³/mol. The van der Waals surface area contributed by atoms with E-state index in [4.69, 9.17) is 9.84 Å². The quantitative estimate of drug-likeness (QED) is 0.499. The van der Waals surface area contributed by atoms with Gasteiger partial charge in [0.25, 0.3) is 0 Å². The monoisotopic (exact) mass is 290 g/mol. The molecule has 0 spiro atoms. The van der Waals surface area contributed by atoms with Crippen molar-refractivity contribution in [1.29, 1.82) is 0 Å². The summed E-state index contributed by atoms with van der Waals surface area (Å²) in [5, 5.41) is 12.9. The van der Waals surface area contributed by atoms with Gasteiger partial charge < -0.3 is 25.2 Å². The largest absolute Gasteiger partial charge is 0.517 e. The first-order valence-electron chi connectivity index (χ1n) is 5.70. The zero-order chi connectivity index (χ0) is 15.9. The smallest absolute Gasteiger partial charge is 0.480 e. The van der Waals surface area contributed by atoms with Crippen molar-refractivity contribution in [3.63, 3.8) is 0 Å². The number of carboxylic acid groups (broad SMARTS) is 1. The summed E-state index contributed by atoms with van der Waals surface area (Å²) >= 11 is 0. The van der Waals surface area contributed by atoms with Gasteiger partial charge in [-0.25, -0.2) is 14.4 Å². The number of nitrogens with one attached hydrogen (secondary N) is 2. The van der Waals surface area contributed by atoms with Gasteiger partial charge in [-0.1, -0.05) is 0 Å². The van der Waals surface area contributed by atoms with E-state index in [1.165, 1.54) is 0 Å². The number of hydrogen-bond acceptors (Lipinski definition) is 6. The van der Waals surface area contributed by atoms with E-state index in [2.05, 4.69) is 10.1 Å². The van der Waals surface area contributed by atoms with Crippen molar-refractivity contribution in [3.8, 4) is 0 Å². The molecule has 0 saturated carbocycles. The summed E-state index contributed by atoms with van der Waals surface area (Å²) < 4.78 is 8.96. The molecule has 0 aromatic carbocycles. The molecule has 0 bridgehead atoms. The summed E-state index contributed by atoms with van der Waals surface area (Å²) in [6.07, 6.45) is -2.38. The maximum atomic E-state index is 11.2. The molecule has 0 saturated heterocycles. The van der Waals surface area contributed by atoms with Gasteiger partial charge in [-0.05, 0) is 20.8 Å². The molecule has 1 unspecified atom stereocenters. The van der Waals surface area contributed by atoms with E-state index in [1.54, 1.807) is 20.8 Å². The topological polar surface area (TPSA) is 131 Å². The summed E-state index contributed by atoms with van der Waals surface area (Å²) in [4.78, 5) is 43.9. The molecule has 114 valence electrons. The van der Waals surface area contributed by atoms with E-state index in [-0.39, 0.29) is 0 Å². The van der Waals surface area contributed by atoms with Crippen molar-refractivity contribution >= 4 is 24.1 Å².